The minimum absolute atomic E-state index is 0.615. The Kier molecular flexibility index (Phi) is 5.85. The molecule has 4 nitrogen and oxygen atoms in total. The minimum atomic E-state index is 0.615. The molecule has 0 spiro atoms. The number of nitriles is 1. The molecule has 0 bridgehead atoms. The molecule has 0 unspecified atom stereocenters. The maximum absolute atomic E-state index is 9.95. The number of aromatic nitrogens is 1. The van der Waals surface area contributed by atoms with Gasteiger partial charge in [-0.3, -0.25) is 0 Å². The van der Waals surface area contributed by atoms with Crippen LogP contribution in [0.15, 0.2) is 35.9 Å². The number of benzene rings is 1. The van der Waals surface area contributed by atoms with Gasteiger partial charge in [-0.1, -0.05) is 6.08 Å². The first-order valence-electron chi connectivity index (χ1n) is 8.65. The molecular weight excluding hydrogens is 344 g/mol. The van der Waals surface area contributed by atoms with E-state index in [-0.39, 0.29) is 0 Å². The highest BCUT2D eigenvalue weighted by Gasteiger charge is 2.25. The summed E-state index contributed by atoms with van der Waals surface area (Å²) in [6, 6.07) is 8.11. The molecule has 1 aromatic heterocycles. The van der Waals surface area contributed by atoms with Crippen LogP contribution in [0.3, 0.4) is 0 Å². The average Bonchev–Trinajstić information content (AvgIpc) is 2.70. The van der Waals surface area contributed by atoms with Crippen LogP contribution in [0.25, 0.3) is 11.1 Å². The van der Waals surface area contributed by atoms with Crippen LogP contribution in [0.2, 0.25) is 0 Å². The molecule has 1 aliphatic carbocycles. The van der Waals surface area contributed by atoms with Gasteiger partial charge < -0.3 is 9.47 Å². The van der Waals surface area contributed by atoms with Gasteiger partial charge in [-0.25, -0.2) is 4.98 Å². The van der Waals surface area contributed by atoms with Crippen LogP contribution >= 0.6 is 11.8 Å². The van der Waals surface area contributed by atoms with Crippen LogP contribution in [0, 0.1) is 11.3 Å². The zero-order valence-corrected chi connectivity index (χ0v) is 16.0. The van der Waals surface area contributed by atoms with E-state index in [1.54, 1.807) is 26.0 Å². The molecule has 0 saturated carbocycles. The number of pyridine rings is 1. The summed E-state index contributed by atoms with van der Waals surface area (Å²) in [7, 11) is 3.29. The SMILES string of the molecule is C=CCSc1nc2c(c(-c3cc(OC)ccc3OC)c1C#N)CCCC2. The van der Waals surface area contributed by atoms with Gasteiger partial charge in [0.1, 0.15) is 22.6 Å². The molecule has 2 aromatic rings. The van der Waals surface area contributed by atoms with Gasteiger partial charge in [0.2, 0.25) is 0 Å². The van der Waals surface area contributed by atoms with Crippen molar-refractivity contribution in [3.8, 4) is 28.7 Å². The molecule has 0 saturated heterocycles. The Hall–Kier alpha value is -2.45. The van der Waals surface area contributed by atoms with Crippen LogP contribution < -0.4 is 9.47 Å². The molecule has 134 valence electrons. The van der Waals surface area contributed by atoms with E-state index in [1.807, 2.05) is 24.3 Å². The summed E-state index contributed by atoms with van der Waals surface area (Å²) >= 11 is 1.55. The zero-order valence-electron chi connectivity index (χ0n) is 15.2. The predicted molar refractivity (Wildman–Crippen MR) is 105 cm³/mol. The highest BCUT2D eigenvalue weighted by molar-refractivity contribution is 7.99. The van der Waals surface area contributed by atoms with Crippen molar-refractivity contribution in [3.05, 3.63) is 47.7 Å². The molecule has 0 amide bonds. The van der Waals surface area contributed by atoms with E-state index >= 15 is 0 Å². The predicted octanol–water partition coefficient (Wildman–Crippen LogP) is 4.79. The topological polar surface area (TPSA) is 55.1 Å². The fourth-order valence-corrected chi connectivity index (χ4v) is 4.11. The minimum Gasteiger partial charge on any atom is -0.497 e. The maximum Gasteiger partial charge on any atom is 0.127 e. The number of aryl methyl sites for hydroxylation is 1. The number of hydrogen-bond acceptors (Lipinski definition) is 5. The van der Waals surface area contributed by atoms with E-state index in [0.29, 0.717) is 5.56 Å². The molecule has 3 rings (SSSR count). The van der Waals surface area contributed by atoms with Crippen LogP contribution in [-0.2, 0) is 12.8 Å². The third-order valence-corrected chi connectivity index (χ3v) is 5.54. The lowest BCUT2D eigenvalue weighted by atomic mass is 9.86. The quantitative estimate of drug-likeness (QED) is 0.543. The molecule has 5 heteroatoms. The van der Waals surface area contributed by atoms with Crippen molar-refractivity contribution >= 4 is 11.8 Å². The molecule has 0 radical (unpaired) electrons. The molecule has 0 fully saturated rings. The number of fused-ring (bicyclic) bond motifs is 1. The van der Waals surface area contributed by atoms with Crippen molar-refractivity contribution in [3.63, 3.8) is 0 Å². The molecular formula is C21H22N2O2S. The van der Waals surface area contributed by atoms with E-state index in [1.165, 1.54) is 5.56 Å². The Balaban J connectivity index is 2.32. The third-order valence-electron chi connectivity index (χ3n) is 4.57. The highest BCUT2D eigenvalue weighted by Crippen LogP contribution is 2.42. The molecule has 0 N–H and O–H groups in total. The van der Waals surface area contributed by atoms with Crippen molar-refractivity contribution in [2.24, 2.45) is 0 Å². The van der Waals surface area contributed by atoms with Crippen molar-refractivity contribution in [2.75, 3.05) is 20.0 Å². The zero-order chi connectivity index (χ0) is 18.5. The van der Waals surface area contributed by atoms with E-state index in [0.717, 1.165) is 64.8 Å². The summed E-state index contributed by atoms with van der Waals surface area (Å²) in [5.41, 5.74) is 4.72. The average molecular weight is 366 g/mol. The summed E-state index contributed by atoms with van der Waals surface area (Å²) < 4.78 is 11.0. The number of hydrogen-bond donors (Lipinski definition) is 0. The molecule has 1 aromatic carbocycles. The second-order valence-corrected chi connectivity index (χ2v) is 7.09. The second kappa shape index (κ2) is 8.29. The molecule has 1 aliphatic rings. The Morgan fingerprint density at radius 2 is 2.08 bits per heavy atom. The Morgan fingerprint density at radius 1 is 1.27 bits per heavy atom. The van der Waals surface area contributed by atoms with Crippen molar-refractivity contribution in [1.82, 2.24) is 4.98 Å². The van der Waals surface area contributed by atoms with E-state index in [4.69, 9.17) is 14.5 Å². The summed E-state index contributed by atoms with van der Waals surface area (Å²) in [5, 5.41) is 10.7. The standard InChI is InChI=1S/C21H22N2O2S/c1-4-11-26-21-17(13-22)20(15-7-5-6-8-18(15)23-21)16-12-14(24-2)9-10-19(16)25-3/h4,9-10,12H,1,5-8,11H2,2-3H3. The Labute approximate surface area is 158 Å². The smallest absolute Gasteiger partial charge is 0.127 e. The van der Waals surface area contributed by atoms with Crippen LogP contribution in [0.5, 0.6) is 11.5 Å². The van der Waals surface area contributed by atoms with Crippen molar-refractivity contribution in [1.29, 1.82) is 5.26 Å². The summed E-state index contributed by atoms with van der Waals surface area (Å²) in [6.45, 7) is 3.78. The Morgan fingerprint density at radius 3 is 2.77 bits per heavy atom. The van der Waals surface area contributed by atoms with Gasteiger partial charge in [0.25, 0.3) is 0 Å². The number of thioether (sulfide) groups is 1. The fourth-order valence-electron chi connectivity index (χ4n) is 3.37. The largest absolute Gasteiger partial charge is 0.497 e. The third kappa shape index (κ3) is 3.42. The van der Waals surface area contributed by atoms with Gasteiger partial charge in [0.15, 0.2) is 0 Å². The van der Waals surface area contributed by atoms with E-state index < -0.39 is 0 Å². The first-order chi connectivity index (χ1) is 12.7. The maximum atomic E-state index is 9.95. The lowest BCUT2D eigenvalue weighted by Crippen LogP contribution is -2.11. The number of ether oxygens (including phenoxy) is 2. The second-order valence-electron chi connectivity index (χ2n) is 6.08. The Bertz CT molecular complexity index is 871. The van der Waals surface area contributed by atoms with Gasteiger partial charge in [-0.15, -0.1) is 18.3 Å². The number of rotatable bonds is 6. The number of nitrogens with zero attached hydrogens (tertiary/aromatic N) is 2. The van der Waals surface area contributed by atoms with Crippen molar-refractivity contribution < 1.29 is 9.47 Å². The molecule has 26 heavy (non-hydrogen) atoms. The lowest BCUT2D eigenvalue weighted by Gasteiger charge is -2.23. The van der Waals surface area contributed by atoms with Crippen LogP contribution in [-0.4, -0.2) is 25.0 Å². The number of methoxy groups -OCH3 is 2. The monoisotopic (exact) mass is 366 g/mol. The normalized spacial score (nSPS) is 12.8. The van der Waals surface area contributed by atoms with E-state index in [9.17, 15) is 5.26 Å². The van der Waals surface area contributed by atoms with Gasteiger partial charge in [0, 0.05) is 22.6 Å². The first-order valence-corrected chi connectivity index (χ1v) is 9.64. The lowest BCUT2D eigenvalue weighted by molar-refractivity contribution is 0.404. The summed E-state index contributed by atoms with van der Waals surface area (Å²) in [6.07, 6.45) is 5.95. The van der Waals surface area contributed by atoms with Crippen molar-refractivity contribution in [2.45, 2.75) is 30.7 Å². The molecule has 0 aliphatic heterocycles. The first kappa shape index (κ1) is 18.3. The summed E-state index contributed by atoms with van der Waals surface area (Å²) in [4.78, 5) is 4.83. The van der Waals surface area contributed by atoms with E-state index in [2.05, 4.69) is 12.6 Å². The fraction of sp³-hybridized carbons (Fsp3) is 0.333. The molecule has 1 heterocycles. The summed E-state index contributed by atoms with van der Waals surface area (Å²) in [5.74, 6) is 2.20. The molecule has 0 atom stereocenters. The van der Waals surface area contributed by atoms with Gasteiger partial charge >= 0.3 is 0 Å². The highest BCUT2D eigenvalue weighted by atomic mass is 32.2. The van der Waals surface area contributed by atoms with Crippen LogP contribution in [0.1, 0.15) is 29.7 Å². The van der Waals surface area contributed by atoms with Gasteiger partial charge in [0.05, 0.1) is 19.8 Å². The van der Waals surface area contributed by atoms with Gasteiger partial charge in [-0.05, 0) is 49.4 Å². The van der Waals surface area contributed by atoms with Gasteiger partial charge in [-0.2, -0.15) is 5.26 Å². The van der Waals surface area contributed by atoms with Crippen LogP contribution in [0.4, 0.5) is 0 Å².